The van der Waals surface area contributed by atoms with Crippen molar-refractivity contribution in [2.24, 2.45) is 0 Å². The number of hydrogen-bond acceptors (Lipinski definition) is 5. The van der Waals surface area contributed by atoms with E-state index in [2.05, 4.69) is 9.97 Å². The SMILES string of the molecule is COc1cccc(Cc2cnc([C@@H]3CCCN3C(=O)c3ccc(C)nc3)o2)c1. The minimum Gasteiger partial charge on any atom is -0.497 e. The van der Waals surface area contributed by atoms with Gasteiger partial charge in [-0.2, -0.15) is 0 Å². The normalized spacial score (nSPS) is 16.4. The summed E-state index contributed by atoms with van der Waals surface area (Å²) < 4.78 is 11.3. The van der Waals surface area contributed by atoms with Gasteiger partial charge >= 0.3 is 0 Å². The van der Waals surface area contributed by atoms with Crippen LogP contribution in [0.1, 0.15) is 52.1 Å². The van der Waals surface area contributed by atoms with Gasteiger partial charge in [0, 0.05) is 24.9 Å². The molecule has 0 aliphatic carbocycles. The van der Waals surface area contributed by atoms with E-state index in [-0.39, 0.29) is 11.9 Å². The standard InChI is InChI=1S/C22H23N3O3/c1-15-8-9-17(13-23-15)22(26)25-10-4-7-20(25)21-24-14-19(28-21)12-16-5-3-6-18(11-16)27-2/h3,5-6,8-9,11,13-14,20H,4,7,10,12H2,1-2H3/t20-/m0/s1. The summed E-state index contributed by atoms with van der Waals surface area (Å²) in [7, 11) is 1.65. The van der Waals surface area contributed by atoms with Crippen LogP contribution in [0.2, 0.25) is 0 Å². The van der Waals surface area contributed by atoms with Crippen molar-refractivity contribution in [2.45, 2.75) is 32.2 Å². The predicted molar refractivity (Wildman–Crippen MR) is 104 cm³/mol. The van der Waals surface area contributed by atoms with Gasteiger partial charge < -0.3 is 14.1 Å². The molecule has 6 nitrogen and oxygen atoms in total. The average molecular weight is 377 g/mol. The highest BCUT2D eigenvalue weighted by molar-refractivity contribution is 5.94. The summed E-state index contributed by atoms with van der Waals surface area (Å²) in [5.74, 6) is 2.17. The third-order valence-electron chi connectivity index (χ3n) is 5.04. The molecule has 1 amide bonds. The van der Waals surface area contributed by atoms with Gasteiger partial charge in [0.2, 0.25) is 5.89 Å². The number of amides is 1. The third-order valence-corrected chi connectivity index (χ3v) is 5.04. The smallest absolute Gasteiger partial charge is 0.256 e. The minimum atomic E-state index is -0.132. The van der Waals surface area contributed by atoms with Crippen molar-refractivity contribution < 1.29 is 13.9 Å². The molecule has 28 heavy (non-hydrogen) atoms. The van der Waals surface area contributed by atoms with Crippen LogP contribution in [0, 0.1) is 6.92 Å². The van der Waals surface area contributed by atoms with Gasteiger partial charge in [-0.25, -0.2) is 4.98 Å². The minimum absolute atomic E-state index is 0.0254. The fourth-order valence-electron chi connectivity index (χ4n) is 3.57. The van der Waals surface area contributed by atoms with Crippen LogP contribution in [-0.4, -0.2) is 34.4 Å². The zero-order valence-electron chi connectivity index (χ0n) is 16.1. The number of aromatic nitrogens is 2. The zero-order valence-corrected chi connectivity index (χ0v) is 16.1. The lowest BCUT2D eigenvalue weighted by atomic mass is 10.1. The number of nitrogens with zero attached hydrogens (tertiary/aromatic N) is 3. The van der Waals surface area contributed by atoms with E-state index in [4.69, 9.17) is 9.15 Å². The maximum Gasteiger partial charge on any atom is 0.256 e. The van der Waals surface area contributed by atoms with Crippen molar-refractivity contribution in [3.63, 3.8) is 0 Å². The highest BCUT2D eigenvalue weighted by Crippen LogP contribution is 2.33. The van der Waals surface area contributed by atoms with Crippen LogP contribution in [0.15, 0.2) is 53.2 Å². The summed E-state index contributed by atoms with van der Waals surface area (Å²) >= 11 is 0. The fourth-order valence-corrected chi connectivity index (χ4v) is 3.57. The second-order valence-electron chi connectivity index (χ2n) is 7.04. The Morgan fingerprint density at radius 2 is 2.14 bits per heavy atom. The molecule has 1 aliphatic heterocycles. The number of likely N-dealkylation sites (tertiary alicyclic amines) is 1. The Morgan fingerprint density at radius 1 is 1.25 bits per heavy atom. The average Bonchev–Trinajstić information content (AvgIpc) is 3.37. The number of rotatable bonds is 5. The van der Waals surface area contributed by atoms with Crippen molar-refractivity contribution in [1.29, 1.82) is 0 Å². The topological polar surface area (TPSA) is 68.5 Å². The number of methoxy groups -OCH3 is 1. The van der Waals surface area contributed by atoms with Crippen LogP contribution in [-0.2, 0) is 6.42 Å². The maximum absolute atomic E-state index is 12.9. The number of hydrogen-bond donors (Lipinski definition) is 0. The predicted octanol–water partition coefficient (Wildman–Crippen LogP) is 3.95. The van der Waals surface area contributed by atoms with Gasteiger partial charge in [0.05, 0.1) is 18.9 Å². The molecule has 0 bridgehead atoms. The Bertz CT molecular complexity index is 965. The van der Waals surface area contributed by atoms with Crippen LogP contribution in [0.25, 0.3) is 0 Å². The van der Waals surface area contributed by atoms with E-state index in [0.29, 0.717) is 24.4 Å². The Hall–Kier alpha value is -3.15. The number of carbonyl (C=O) groups excluding carboxylic acids is 1. The van der Waals surface area contributed by atoms with Gasteiger partial charge in [0.15, 0.2) is 0 Å². The number of benzene rings is 1. The lowest BCUT2D eigenvalue weighted by Crippen LogP contribution is -2.30. The molecule has 4 rings (SSSR count). The number of carbonyl (C=O) groups is 1. The molecule has 144 valence electrons. The quantitative estimate of drug-likeness (QED) is 0.673. The first-order valence-electron chi connectivity index (χ1n) is 9.45. The first-order chi connectivity index (χ1) is 13.6. The van der Waals surface area contributed by atoms with E-state index in [0.717, 1.165) is 35.6 Å². The summed E-state index contributed by atoms with van der Waals surface area (Å²) in [5, 5.41) is 0. The molecular formula is C22H23N3O3. The first kappa shape index (κ1) is 18.2. The van der Waals surface area contributed by atoms with E-state index < -0.39 is 0 Å². The molecule has 6 heteroatoms. The van der Waals surface area contributed by atoms with Crippen LogP contribution < -0.4 is 4.74 Å². The van der Waals surface area contributed by atoms with Crippen molar-refractivity contribution >= 4 is 5.91 Å². The molecule has 0 saturated carbocycles. The van der Waals surface area contributed by atoms with Crippen molar-refractivity contribution in [3.05, 3.63) is 77.3 Å². The third kappa shape index (κ3) is 3.76. The molecular weight excluding hydrogens is 354 g/mol. The van der Waals surface area contributed by atoms with E-state index in [1.54, 1.807) is 19.5 Å². The van der Waals surface area contributed by atoms with Gasteiger partial charge in [-0.1, -0.05) is 12.1 Å². The van der Waals surface area contributed by atoms with Gasteiger partial charge in [0.1, 0.15) is 17.6 Å². The van der Waals surface area contributed by atoms with Crippen molar-refractivity contribution in [2.75, 3.05) is 13.7 Å². The number of ether oxygens (including phenoxy) is 1. The molecule has 3 aromatic rings. The summed E-state index contributed by atoms with van der Waals surface area (Å²) in [4.78, 5) is 23.5. The van der Waals surface area contributed by atoms with Gasteiger partial charge in [0.25, 0.3) is 5.91 Å². The van der Waals surface area contributed by atoms with Crippen LogP contribution in [0.3, 0.4) is 0 Å². The molecule has 0 unspecified atom stereocenters. The summed E-state index contributed by atoms with van der Waals surface area (Å²) in [5.41, 5.74) is 2.58. The fraction of sp³-hybridized carbons (Fsp3) is 0.318. The van der Waals surface area contributed by atoms with Gasteiger partial charge in [-0.3, -0.25) is 9.78 Å². The number of pyridine rings is 1. The van der Waals surface area contributed by atoms with Crippen molar-refractivity contribution in [1.82, 2.24) is 14.9 Å². The Balaban J connectivity index is 1.50. The number of oxazole rings is 1. The first-order valence-corrected chi connectivity index (χ1v) is 9.45. The molecule has 0 N–H and O–H groups in total. The Kier molecular flexibility index (Phi) is 5.10. The molecule has 1 aliphatic rings. The lowest BCUT2D eigenvalue weighted by molar-refractivity contribution is 0.0714. The zero-order chi connectivity index (χ0) is 19.5. The van der Waals surface area contributed by atoms with Gasteiger partial charge in [-0.05, 0) is 49.6 Å². The van der Waals surface area contributed by atoms with Crippen LogP contribution in [0.4, 0.5) is 0 Å². The second-order valence-corrected chi connectivity index (χ2v) is 7.04. The number of aryl methyl sites for hydroxylation is 1. The summed E-state index contributed by atoms with van der Waals surface area (Å²) in [6.45, 7) is 2.61. The molecule has 0 radical (unpaired) electrons. The Morgan fingerprint density at radius 3 is 2.93 bits per heavy atom. The highest BCUT2D eigenvalue weighted by Gasteiger charge is 2.34. The molecule has 2 aromatic heterocycles. The highest BCUT2D eigenvalue weighted by atomic mass is 16.5. The molecule has 3 heterocycles. The summed E-state index contributed by atoms with van der Waals surface area (Å²) in [6.07, 6.45) is 5.81. The largest absolute Gasteiger partial charge is 0.497 e. The molecule has 1 saturated heterocycles. The molecule has 0 spiro atoms. The maximum atomic E-state index is 12.9. The van der Waals surface area contributed by atoms with E-state index in [9.17, 15) is 4.79 Å². The summed E-state index contributed by atoms with van der Waals surface area (Å²) in [6, 6.07) is 11.4. The molecule has 1 fully saturated rings. The van der Waals surface area contributed by atoms with E-state index in [1.807, 2.05) is 48.2 Å². The van der Waals surface area contributed by atoms with Crippen molar-refractivity contribution in [3.8, 4) is 5.75 Å². The van der Waals surface area contributed by atoms with E-state index in [1.165, 1.54) is 0 Å². The molecule has 1 atom stereocenters. The lowest BCUT2D eigenvalue weighted by Gasteiger charge is -2.22. The second kappa shape index (κ2) is 7.84. The molecule has 1 aromatic carbocycles. The van der Waals surface area contributed by atoms with Crippen LogP contribution >= 0.6 is 0 Å². The van der Waals surface area contributed by atoms with E-state index >= 15 is 0 Å². The monoisotopic (exact) mass is 377 g/mol. The Labute approximate surface area is 164 Å². The van der Waals surface area contributed by atoms with Crippen LogP contribution in [0.5, 0.6) is 5.75 Å². The van der Waals surface area contributed by atoms with Gasteiger partial charge in [-0.15, -0.1) is 0 Å².